The van der Waals surface area contributed by atoms with Gasteiger partial charge in [0.15, 0.2) is 0 Å². The van der Waals surface area contributed by atoms with Gasteiger partial charge < -0.3 is 19.7 Å². The fourth-order valence-corrected chi connectivity index (χ4v) is 3.36. The number of benzene rings is 1. The molecule has 0 aliphatic carbocycles. The van der Waals surface area contributed by atoms with Crippen molar-refractivity contribution in [1.29, 1.82) is 0 Å². The smallest absolute Gasteiger partial charge is 0.339 e. The molecule has 1 N–H and O–H groups in total. The average molecular weight is 376 g/mol. The molecule has 8 nitrogen and oxygen atoms in total. The summed E-state index contributed by atoms with van der Waals surface area (Å²) in [4.78, 5) is 31.0. The van der Waals surface area contributed by atoms with E-state index >= 15 is 0 Å². The second-order valence-corrected chi connectivity index (χ2v) is 6.75. The number of ether oxygens (including phenoxy) is 2. The Bertz CT molecular complexity index is 640. The highest BCUT2D eigenvalue weighted by Gasteiger charge is 2.23. The predicted octanol–water partition coefficient (Wildman–Crippen LogP) is 0.955. The van der Waals surface area contributed by atoms with Crippen LogP contribution in [0.4, 0.5) is 10.5 Å². The number of para-hydroxylation sites is 1. The minimum Gasteiger partial charge on any atom is -0.465 e. The molecular weight excluding hydrogens is 348 g/mol. The second kappa shape index (κ2) is 9.68. The zero-order chi connectivity index (χ0) is 19.1. The molecule has 1 aromatic carbocycles. The van der Waals surface area contributed by atoms with Gasteiger partial charge in [-0.25, -0.2) is 9.59 Å². The molecule has 2 heterocycles. The van der Waals surface area contributed by atoms with Gasteiger partial charge in [-0.15, -0.1) is 0 Å². The van der Waals surface area contributed by atoms with Crippen molar-refractivity contribution in [2.45, 2.75) is 0 Å². The van der Waals surface area contributed by atoms with E-state index in [1.165, 1.54) is 7.11 Å². The van der Waals surface area contributed by atoms with Crippen molar-refractivity contribution in [3.8, 4) is 0 Å². The molecule has 2 amide bonds. The minimum atomic E-state index is -0.459. The molecule has 3 rings (SSSR count). The van der Waals surface area contributed by atoms with Gasteiger partial charge in [-0.1, -0.05) is 12.1 Å². The zero-order valence-electron chi connectivity index (χ0n) is 15.9. The lowest BCUT2D eigenvalue weighted by Crippen LogP contribution is -2.52. The minimum absolute atomic E-state index is 0.181. The number of methoxy groups -OCH3 is 1. The Labute approximate surface area is 160 Å². The van der Waals surface area contributed by atoms with E-state index in [9.17, 15) is 9.59 Å². The van der Waals surface area contributed by atoms with Crippen LogP contribution in [0.15, 0.2) is 24.3 Å². The Morgan fingerprint density at radius 1 is 1.00 bits per heavy atom. The normalized spacial score (nSPS) is 18.9. The van der Waals surface area contributed by atoms with Gasteiger partial charge in [0.2, 0.25) is 0 Å². The van der Waals surface area contributed by atoms with Crippen LogP contribution in [0, 0.1) is 0 Å². The average Bonchev–Trinajstić information content (AvgIpc) is 2.73. The molecule has 2 fully saturated rings. The van der Waals surface area contributed by atoms with Gasteiger partial charge in [-0.05, 0) is 12.1 Å². The Morgan fingerprint density at radius 3 is 2.30 bits per heavy atom. The molecule has 1 aromatic rings. The fourth-order valence-electron chi connectivity index (χ4n) is 3.36. The molecule has 2 aliphatic heterocycles. The number of anilines is 1. The zero-order valence-corrected chi connectivity index (χ0v) is 15.9. The highest BCUT2D eigenvalue weighted by atomic mass is 16.5. The predicted molar refractivity (Wildman–Crippen MR) is 102 cm³/mol. The summed E-state index contributed by atoms with van der Waals surface area (Å²) in [6, 6.07) is 6.70. The van der Waals surface area contributed by atoms with Crippen LogP contribution in [-0.4, -0.2) is 99.4 Å². The van der Waals surface area contributed by atoms with E-state index in [0.717, 1.165) is 52.5 Å². The van der Waals surface area contributed by atoms with Crippen molar-refractivity contribution >= 4 is 17.7 Å². The number of piperazine rings is 1. The fraction of sp³-hybridized carbons (Fsp3) is 0.579. The number of nitrogens with one attached hydrogen (secondary N) is 1. The highest BCUT2D eigenvalue weighted by Crippen LogP contribution is 2.17. The molecule has 0 spiro atoms. The van der Waals surface area contributed by atoms with E-state index in [1.54, 1.807) is 29.2 Å². The quantitative estimate of drug-likeness (QED) is 0.772. The molecule has 0 bridgehead atoms. The molecule has 148 valence electrons. The molecule has 0 saturated carbocycles. The van der Waals surface area contributed by atoms with Crippen LogP contribution in [0.2, 0.25) is 0 Å². The van der Waals surface area contributed by atoms with Gasteiger partial charge in [0, 0.05) is 52.4 Å². The Morgan fingerprint density at radius 2 is 1.63 bits per heavy atom. The number of hydrogen-bond donors (Lipinski definition) is 1. The van der Waals surface area contributed by atoms with E-state index in [-0.39, 0.29) is 6.03 Å². The SMILES string of the molecule is COC(=O)c1ccccc1NC(=O)N1CCN(CCN2CCOCC2)CC1. The molecule has 2 aliphatic rings. The molecule has 2 saturated heterocycles. The highest BCUT2D eigenvalue weighted by molar-refractivity contribution is 6.00. The van der Waals surface area contributed by atoms with Crippen LogP contribution in [0.3, 0.4) is 0 Å². The summed E-state index contributed by atoms with van der Waals surface area (Å²) in [5, 5.41) is 2.84. The molecule has 27 heavy (non-hydrogen) atoms. The third-order valence-corrected chi connectivity index (χ3v) is 5.07. The van der Waals surface area contributed by atoms with E-state index in [0.29, 0.717) is 24.3 Å². The third-order valence-electron chi connectivity index (χ3n) is 5.07. The molecule has 0 unspecified atom stereocenters. The van der Waals surface area contributed by atoms with Gasteiger partial charge in [-0.2, -0.15) is 0 Å². The maximum Gasteiger partial charge on any atom is 0.339 e. The summed E-state index contributed by atoms with van der Waals surface area (Å²) in [5.74, 6) is -0.459. The molecule has 0 aromatic heterocycles. The summed E-state index contributed by atoms with van der Waals surface area (Å²) in [7, 11) is 1.33. The van der Waals surface area contributed by atoms with E-state index in [4.69, 9.17) is 9.47 Å². The number of carbonyl (C=O) groups excluding carboxylic acids is 2. The van der Waals surface area contributed by atoms with Gasteiger partial charge in [0.25, 0.3) is 0 Å². The van der Waals surface area contributed by atoms with Crippen molar-refractivity contribution in [2.24, 2.45) is 0 Å². The van der Waals surface area contributed by atoms with Crippen LogP contribution >= 0.6 is 0 Å². The van der Waals surface area contributed by atoms with Crippen molar-refractivity contribution < 1.29 is 19.1 Å². The number of carbonyl (C=O) groups is 2. The van der Waals surface area contributed by atoms with Gasteiger partial charge >= 0.3 is 12.0 Å². The lowest BCUT2D eigenvalue weighted by atomic mass is 10.2. The van der Waals surface area contributed by atoms with Crippen molar-refractivity contribution in [2.75, 3.05) is 78.0 Å². The summed E-state index contributed by atoms with van der Waals surface area (Å²) >= 11 is 0. The Kier molecular flexibility index (Phi) is 7.03. The number of esters is 1. The van der Waals surface area contributed by atoms with Gasteiger partial charge in [0.1, 0.15) is 0 Å². The van der Waals surface area contributed by atoms with Crippen LogP contribution in [0.1, 0.15) is 10.4 Å². The molecular formula is C19H28N4O4. The summed E-state index contributed by atoms with van der Waals surface area (Å²) in [5.41, 5.74) is 0.835. The van der Waals surface area contributed by atoms with Crippen molar-refractivity contribution in [3.05, 3.63) is 29.8 Å². The van der Waals surface area contributed by atoms with E-state index in [1.807, 2.05) is 0 Å². The summed E-state index contributed by atoms with van der Waals surface area (Å²) in [6.07, 6.45) is 0. The number of hydrogen-bond acceptors (Lipinski definition) is 6. The van der Waals surface area contributed by atoms with Gasteiger partial charge in [0.05, 0.1) is 31.6 Å². The van der Waals surface area contributed by atoms with Crippen molar-refractivity contribution in [3.63, 3.8) is 0 Å². The number of amides is 2. The monoisotopic (exact) mass is 376 g/mol. The summed E-state index contributed by atoms with van der Waals surface area (Å²) < 4.78 is 10.1. The number of morpholine rings is 1. The third kappa shape index (κ3) is 5.41. The molecule has 0 atom stereocenters. The Balaban J connectivity index is 1.45. The lowest BCUT2D eigenvalue weighted by molar-refractivity contribution is 0.0311. The first-order valence-electron chi connectivity index (χ1n) is 9.43. The molecule has 0 radical (unpaired) electrons. The van der Waals surface area contributed by atoms with Crippen molar-refractivity contribution in [1.82, 2.24) is 14.7 Å². The van der Waals surface area contributed by atoms with E-state index in [2.05, 4.69) is 15.1 Å². The van der Waals surface area contributed by atoms with Gasteiger partial charge in [-0.3, -0.25) is 9.80 Å². The topological polar surface area (TPSA) is 74.4 Å². The first-order chi connectivity index (χ1) is 13.2. The Hall–Kier alpha value is -2.16. The molecule has 8 heteroatoms. The maximum atomic E-state index is 12.6. The summed E-state index contributed by atoms with van der Waals surface area (Å²) in [6.45, 7) is 8.77. The number of nitrogens with zero attached hydrogens (tertiary/aromatic N) is 3. The standard InChI is InChI=1S/C19H28N4O4/c1-26-18(24)16-4-2-3-5-17(16)20-19(25)23-10-8-21(9-11-23)6-7-22-12-14-27-15-13-22/h2-5H,6-15H2,1H3,(H,20,25). The van der Waals surface area contributed by atoms with Crippen LogP contribution < -0.4 is 5.32 Å². The first kappa shape index (κ1) is 19.6. The maximum absolute atomic E-state index is 12.6. The first-order valence-corrected chi connectivity index (χ1v) is 9.43. The number of urea groups is 1. The van der Waals surface area contributed by atoms with E-state index < -0.39 is 5.97 Å². The largest absolute Gasteiger partial charge is 0.465 e. The van der Waals surface area contributed by atoms with Crippen LogP contribution in [0.5, 0.6) is 0 Å². The van der Waals surface area contributed by atoms with Crippen LogP contribution in [0.25, 0.3) is 0 Å². The lowest BCUT2D eigenvalue weighted by Gasteiger charge is -2.36. The van der Waals surface area contributed by atoms with Crippen LogP contribution in [-0.2, 0) is 9.47 Å². The number of rotatable bonds is 5. The second-order valence-electron chi connectivity index (χ2n) is 6.75.